The molecule has 6 aromatic rings. The normalized spacial score (nSPS) is 10.0. The predicted molar refractivity (Wildman–Crippen MR) is 159 cm³/mol. The number of rotatable bonds is 2. The molecule has 6 rings (SSSR count). The van der Waals surface area contributed by atoms with Gasteiger partial charge in [-0.3, -0.25) is 9.97 Å². The van der Waals surface area contributed by atoms with E-state index in [2.05, 4.69) is 19.9 Å². The number of nitrogen functional groups attached to an aromatic ring is 2. The van der Waals surface area contributed by atoms with E-state index in [0.29, 0.717) is 11.6 Å². The Morgan fingerprint density at radius 1 is 0.561 bits per heavy atom. The van der Waals surface area contributed by atoms with Gasteiger partial charge in [0.05, 0.1) is 27.9 Å². The SMILES string of the molecule is Cc1cccc(-c2cc3ccccc3c(N)n2)n1.Cc1cccc(-c2cc3ccccc3c(N)n2)n1.O=[N+]([O-])[O-].[Cu+]. The average Bonchev–Trinajstić information content (AvgIpc) is 2.93. The number of fused-ring (bicyclic) bond motifs is 2. The van der Waals surface area contributed by atoms with Crippen molar-refractivity contribution < 1.29 is 22.2 Å². The van der Waals surface area contributed by atoms with Crippen LogP contribution in [0.25, 0.3) is 44.3 Å². The van der Waals surface area contributed by atoms with Crippen LogP contribution in [0, 0.1) is 29.2 Å². The Hall–Kier alpha value is -5.12. The van der Waals surface area contributed by atoms with E-state index >= 15 is 0 Å². The number of hydrogen-bond donors (Lipinski definition) is 2. The topological polar surface area (TPSA) is 170 Å². The molecule has 0 saturated carbocycles. The molecule has 0 aliphatic carbocycles. The summed E-state index contributed by atoms with van der Waals surface area (Å²) in [6.45, 7) is 3.93. The summed E-state index contributed by atoms with van der Waals surface area (Å²) in [5.74, 6) is 1.10. The molecule has 210 valence electrons. The van der Waals surface area contributed by atoms with Gasteiger partial charge in [0.2, 0.25) is 0 Å². The van der Waals surface area contributed by atoms with Gasteiger partial charge in [-0.15, -0.1) is 0 Å². The smallest absolute Gasteiger partial charge is 0.383 e. The van der Waals surface area contributed by atoms with Crippen LogP contribution >= 0.6 is 0 Å². The summed E-state index contributed by atoms with van der Waals surface area (Å²) in [6.07, 6.45) is 0. The fourth-order valence-electron chi connectivity index (χ4n) is 4.09. The molecule has 4 heterocycles. The fraction of sp³-hybridized carbons (Fsp3) is 0.0667. The molecule has 0 saturated heterocycles. The first kappa shape index (κ1) is 30.4. The number of nitrogens with two attached hydrogens (primary N) is 2. The Morgan fingerprint density at radius 3 is 1.29 bits per heavy atom. The maximum atomic E-state index is 8.25. The third-order valence-electron chi connectivity index (χ3n) is 5.84. The maximum absolute atomic E-state index is 8.25. The van der Waals surface area contributed by atoms with Crippen LogP contribution in [-0.4, -0.2) is 25.0 Å². The Bertz CT molecular complexity index is 1680. The zero-order valence-electron chi connectivity index (χ0n) is 22.2. The van der Waals surface area contributed by atoms with Crippen molar-refractivity contribution >= 4 is 33.2 Å². The fourth-order valence-corrected chi connectivity index (χ4v) is 4.09. The van der Waals surface area contributed by atoms with E-state index in [-0.39, 0.29) is 17.1 Å². The molecule has 4 N–H and O–H groups in total. The van der Waals surface area contributed by atoms with Crippen LogP contribution in [0.2, 0.25) is 0 Å². The summed E-state index contributed by atoms with van der Waals surface area (Å²) in [4.78, 5) is 26.1. The van der Waals surface area contributed by atoms with E-state index in [1.807, 2.05) is 111 Å². The summed E-state index contributed by atoms with van der Waals surface area (Å²) < 4.78 is 0. The van der Waals surface area contributed by atoms with Crippen LogP contribution in [0.3, 0.4) is 0 Å². The molecule has 0 unspecified atom stereocenters. The quantitative estimate of drug-likeness (QED) is 0.136. The van der Waals surface area contributed by atoms with E-state index in [4.69, 9.17) is 26.8 Å². The maximum Gasteiger partial charge on any atom is 1.00 e. The molecule has 0 amide bonds. The predicted octanol–water partition coefficient (Wildman–Crippen LogP) is 6.13. The van der Waals surface area contributed by atoms with Crippen LogP contribution in [0.15, 0.2) is 97.1 Å². The summed E-state index contributed by atoms with van der Waals surface area (Å²) in [5, 5.41) is 18.9. The number of aromatic nitrogens is 4. The molecule has 0 atom stereocenters. The van der Waals surface area contributed by atoms with Crippen molar-refractivity contribution in [2.45, 2.75) is 13.8 Å². The second-order valence-corrected chi connectivity index (χ2v) is 8.78. The minimum Gasteiger partial charge on any atom is -0.383 e. The summed E-state index contributed by atoms with van der Waals surface area (Å²) in [7, 11) is 0. The number of pyridine rings is 4. The van der Waals surface area contributed by atoms with Crippen LogP contribution in [0.1, 0.15) is 11.4 Å². The zero-order chi connectivity index (χ0) is 28.6. The molecule has 0 aliphatic heterocycles. The molecule has 41 heavy (non-hydrogen) atoms. The van der Waals surface area contributed by atoms with Gasteiger partial charge in [-0.1, -0.05) is 60.7 Å². The summed E-state index contributed by atoms with van der Waals surface area (Å²) in [6, 6.07) is 31.8. The first-order valence-electron chi connectivity index (χ1n) is 12.2. The van der Waals surface area contributed by atoms with Crippen molar-refractivity contribution in [2.75, 3.05) is 11.5 Å². The molecule has 10 nitrogen and oxygen atoms in total. The van der Waals surface area contributed by atoms with Gasteiger partial charge in [-0.2, -0.15) is 0 Å². The Balaban J connectivity index is 0.000000196. The van der Waals surface area contributed by atoms with Gasteiger partial charge in [-0.25, -0.2) is 9.97 Å². The minimum atomic E-state index is -1.75. The summed E-state index contributed by atoms with van der Waals surface area (Å²) in [5.41, 5.74) is 17.3. The van der Waals surface area contributed by atoms with E-state index < -0.39 is 5.09 Å². The second-order valence-electron chi connectivity index (χ2n) is 8.78. The molecule has 4 aromatic heterocycles. The van der Waals surface area contributed by atoms with Gasteiger partial charge in [0.15, 0.2) is 0 Å². The Kier molecular flexibility index (Phi) is 10.2. The van der Waals surface area contributed by atoms with Gasteiger partial charge in [0.25, 0.3) is 0 Å². The van der Waals surface area contributed by atoms with E-state index in [1.165, 1.54) is 0 Å². The largest absolute Gasteiger partial charge is 1.00 e. The van der Waals surface area contributed by atoms with Crippen LogP contribution in [-0.2, 0) is 17.1 Å². The zero-order valence-corrected chi connectivity index (χ0v) is 23.1. The molecule has 0 spiro atoms. The van der Waals surface area contributed by atoms with Crippen molar-refractivity contribution in [3.63, 3.8) is 0 Å². The van der Waals surface area contributed by atoms with Gasteiger partial charge < -0.3 is 26.8 Å². The summed E-state index contributed by atoms with van der Waals surface area (Å²) >= 11 is 0. The number of nitrogens with zero attached hydrogens (tertiary/aromatic N) is 5. The molecule has 2 aromatic carbocycles. The molecular formula is C30H26CuN7O3. The van der Waals surface area contributed by atoms with E-state index in [0.717, 1.165) is 55.7 Å². The third kappa shape index (κ3) is 7.95. The average molecular weight is 596 g/mol. The molecular weight excluding hydrogens is 570 g/mol. The van der Waals surface area contributed by atoms with Crippen molar-refractivity contribution in [2.24, 2.45) is 0 Å². The third-order valence-corrected chi connectivity index (χ3v) is 5.84. The van der Waals surface area contributed by atoms with Crippen molar-refractivity contribution in [1.29, 1.82) is 0 Å². The van der Waals surface area contributed by atoms with Crippen LogP contribution in [0.5, 0.6) is 0 Å². The van der Waals surface area contributed by atoms with Gasteiger partial charge in [-0.05, 0) is 61.0 Å². The molecule has 0 aliphatic rings. The molecule has 11 heteroatoms. The van der Waals surface area contributed by atoms with Crippen LogP contribution < -0.4 is 11.5 Å². The standard InChI is InChI=1S/2C15H13N3.Cu.NO3/c2*1-10-5-4-8-13(17-10)14-9-11-6-2-3-7-12(11)15(16)18-14;;2-1(3)4/h2*2-9H,1H3,(H2,16,18);;/q;;+1;-1. The van der Waals surface area contributed by atoms with Crippen molar-refractivity contribution in [1.82, 2.24) is 19.9 Å². The van der Waals surface area contributed by atoms with Gasteiger partial charge in [0, 0.05) is 22.2 Å². The number of anilines is 2. The Labute approximate surface area is 246 Å². The second kappa shape index (κ2) is 13.8. The molecule has 0 bridgehead atoms. The monoisotopic (exact) mass is 595 g/mol. The number of hydrogen-bond acceptors (Lipinski definition) is 9. The first-order valence-corrected chi connectivity index (χ1v) is 12.2. The van der Waals surface area contributed by atoms with Crippen molar-refractivity contribution in [3.05, 3.63) is 124 Å². The molecule has 0 fully saturated rings. The van der Waals surface area contributed by atoms with E-state index in [9.17, 15) is 0 Å². The number of benzene rings is 2. The van der Waals surface area contributed by atoms with Gasteiger partial charge in [0.1, 0.15) is 11.6 Å². The van der Waals surface area contributed by atoms with E-state index in [1.54, 1.807) is 0 Å². The molecule has 0 radical (unpaired) electrons. The van der Waals surface area contributed by atoms with Gasteiger partial charge >= 0.3 is 17.1 Å². The Morgan fingerprint density at radius 2 is 0.927 bits per heavy atom. The van der Waals surface area contributed by atoms with Crippen molar-refractivity contribution in [3.8, 4) is 22.8 Å². The van der Waals surface area contributed by atoms with Crippen LogP contribution in [0.4, 0.5) is 11.6 Å². The number of aryl methyl sites for hydroxylation is 2. The minimum absolute atomic E-state index is 0. The first-order chi connectivity index (χ1) is 19.2.